The fraction of sp³-hybridized carbons (Fsp3) is 0.467. The van der Waals surface area contributed by atoms with Gasteiger partial charge in [-0.3, -0.25) is 0 Å². The molecule has 7 heteroatoms. The SMILES string of the molecule is CC1(c2nc(Cc3ccccc3OC(F)F)no2)CCCO1. The summed E-state index contributed by atoms with van der Waals surface area (Å²) in [5.41, 5.74) is 0.0252. The molecule has 5 nitrogen and oxygen atoms in total. The molecule has 1 aliphatic heterocycles. The minimum atomic E-state index is -2.87. The van der Waals surface area contributed by atoms with E-state index < -0.39 is 12.2 Å². The van der Waals surface area contributed by atoms with Crippen LogP contribution >= 0.6 is 0 Å². The van der Waals surface area contributed by atoms with E-state index in [1.807, 2.05) is 6.92 Å². The van der Waals surface area contributed by atoms with Gasteiger partial charge in [0, 0.05) is 18.6 Å². The van der Waals surface area contributed by atoms with Gasteiger partial charge in [0.15, 0.2) is 5.82 Å². The van der Waals surface area contributed by atoms with Crippen LogP contribution in [0.1, 0.15) is 37.0 Å². The summed E-state index contributed by atoms with van der Waals surface area (Å²) >= 11 is 0. The number of alkyl halides is 2. The quantitative estimate of drug-likeness (QED) is 0.848. The van der Waals surface area contributed by atoms with E-state index in [0.29, 0.717) is 23.9 Å². The second-order valence-corrected chi connectivity index (χ2v) is 5.36. The van der Waals surface area contributed by atoms with Crippen molar-refractivity contribution in [2.45, 2.75) is 38.4 Å². The first-order chi connectivity index (χ1) is 10.6. The third-order valence-electron chi connectivity index (χ3n) is 3.68. The Balaban J connectivity index is 1.78. The molecule has 0 spiro atoms. The van der Waals surface area contributed by atoms with Crippen LogP contribution in [0.25, 0.3) is 0 Å². The van der Waals surface area contributed by atoms with Crippen molar-refractivity contribution in [1.82, 2.24) is 10.1 Å². The highest BCUT2D eigenvalue weighted by Crippen LogP contribution is 2.34. The summed E-state index contributed by atoms with van der Waals surface area (Å²) in [5, 5.41) is 3.91. The van der Waals surface area contributed by atoms with Gasteiger partial charge in [-0.25, -0.2) is 0 Å². The fourth-order valence-electron chi connectivity index (χ4n) is 2.52. The van der Waals surface area contributed by atoms with Crippen LogP contribution in [-0.2, 0) is 16.8 Å². The number of halogens is 2. The van der Waals surface area contributed by atoms with E-state index in [2.05, 4.69) is 14.9 Å². The maximum Gasteiger partial charge on any atom is 0.387 e. The van der Waals surface area contributed by atoms with Gasteiger partial charge in [0.05, 0.1) is 0 Å². The van der Waals surface area contributed by atoms with Gasteiger partial charge >= 0.3 is 6.61 Å². The largest absolute Gasteiger partial charge is 0.435 e. The molecule has 0 radical (unpaired) electrons. The predicted octanol–water partition coefficient (Wildman–Crippen LogP) is 3.29. The highest BCUT2D eigenvalue weighted by Gasteiger charge is 2.37. The third kappa shape index (κ3) is 3.09. The van der Waals surface area contributed by atoms with Gasteiger partial charge in [0.25, 0.3) is 5.89 Å². The second kappa shape index (κ2) is 6.00. The molecule has 3 rings (SSSR count). The Morgan fingerprint density at radius 1 is 1.36 bits per heavy atom. The van der Waals surface area contributed by atoms with Crippen LogP contribution in [0.2, 0.25) is 0 Å². The molecule has 0 amide bonds. The van der Waals surface area contributed by atoms with Gasteiger partial charge in [-0.2, -0.15) is 13.8 Å². The Morgan fingerprint density at radius 2 is 2.18 bits per heavy atom. The summed E-state index contributed by atoms with van der Waals surface area (Å²) in [6, 6.07) is 6.57. The average molecular weight is 310 g/mol. The molecule has 1 aromatic carbocycles. The number of rotatable bonds is 5. The third-order valence-corrected chi connectivity index (χ3v) is 3.68. The van der Waals surface area contributed by atoms with Gasteiger partial charge in [-0.1, -0.05) is 23.4 Å². The van der Waals surface area contributed by atoms with E-state index in [-0.39, 0.29) is 12.2 Å². The first kappa shape index (κ1) is 14.9. The molecule has 1 aliphatic rings. The molecule has 1 fully saturated rings. The van der Waals surface area contributed by atoms with Crippen molar-refractivity contribution in [3.05, 3.63) is 41.5 Å². The zero-order valence-electron chi connectivity index (χ0n) is 12.1. The minimum absolute atomic E-state index is 0.118. The molecule has 0 aliphatic carbocycles. The van der Waals surface area contributed by atoms with E-state index in [4.69, 9.17) is 9.26 Å². The highest BCUT2D eigenvalue weighted by molar-refractivity contribution is 5.35. The van der Waals surface area contributed by atoms with Gasteiger partial charge in [-0.15, -0.1) is 0 Å². The number of hydrogen-bond donors (Lipinski definition) is 0. The molecule has 0 N–H and O–H groups in total. The molecular weight excluding hydrogens is 294 g/mol. The first-order valence-electron chi connectivity index (χ1n) is 7.06. The van der Waals surface area contributed by atoms with Gasteiger partial charge in [0.1, 0.15) is 11.4 Å². The summed E-state index contributed by atoms with van der Waals surface area (Å²) in [6.45, 7) is -0.294. The number of benzene rings is 1. The van der Waals surface area contributed by atoms with Crippen LogP contribution in [0.5, 0.6) is 5.75 Å². The standard InChI is InChI=1S/C15H16F2N2O3/c1-15(7-4-8-20-15)13-18-12(19-22-13)9-10-5-2-3-6-11(10)21-14(16)17/h2-3,5-6,14H,4,7-9H2,1H3. The van der Waals surface area contributed by atoms with Crippen LogP contribution in [0, 0.1) is 0 Å². The highest BCUT2D eigenvalue weighted by atomic mass is 19.3. The number of ether oxygens (including phenoxy) is 2. The normalized spacial score (nSPS) is 21.5. The lowest BCUT2D eigenvalue weighted by Gasteiger charge is -2.16. The molecule has 1 atom stereocenters. The van der Waals surface area contributed by atoms with Crippen molar-refractivity contribution < 1.29 is 22.8 Å². The lowest BCUT2D eigenvalue weighted by atomic mass is 10.0. The smallest absolute Gasteiger partial charge is 0.387 e. The van der Waals surface area contributed by atoms with Crippen LogP contribution in [-0.4, -0.2) is 23.4 Å². The Morgan fingerprint density at radius 3 is 2.91 bits per heavy atom. The van der Waals surface area contributed by atoms with Crippen molar-refractivity contribution in [1.29, 1.82) is 0 Å². The van der Waals surface area contributed by atoms with Crippen molar-refractivity contribution in [3.63, 3.8) is 0 Å². The Kier molecular flexibility index (Phi) is 4.06. The van der Waals surface area contributed by atoms with Crippen molar-refractivity contribution in [2.24, 2.45) is 0 Å². The average Bonchev–Trinajstić information content (AvgIpc) is 3.11. The van der Waals surface area contributed by atoms with E-state index in [1.54, 1.807) is 18.2 Å². The molecule has 1 saturated heterocycles. The van der Waals surface area contributed by atoms with E-state index >= 15 is 0 Å². The topological polar surface area (TPSA) is 57.4 Å². The Labute approximate surface area is 126 Å². The van der Waals surface area contributed by atoms with Crippen LogP contribution in [0.15, 0.2) is 28.8 Å². The lowest BCUT2D eigenvalue weighted by molar-refractivity contribution is -0.0504. The maximum atomic E-state index is 12.4. The molecule has 2 aromatic rings. The summed E-state index contributed by atoms with van der Waals surface area (Å²) in [6.07, 6.45) is 2.02. The monoisotopic (exact) mass is 310 g/mol. The summed E-state index contributed by atoms with van der Waals surface area (Å²) in [5.74, 6) is 0.955. The summed E-state index contributed by atoms with van der Waals surface area (Å²) in [7, 11) is 0. The molecular formula is C15H16F2N2O3. The van der Waals surface area contributed by atoms with Gasteiger partial charge < -0.3 is 14.0 Å². The molecule has 1 unspecified atom stereocenters. The number of para-hydroxylation sites is 1. The second-order valence-electron chi connectivity index (χ2n) is 5.36. The van der Waals surface area contributed by atoms with Gasteiger partial charge in [0.2, 0.25) is 0 Å². The summed E-state index contributed by atoms with van der Waals surface area (Å²) in [4.78, 5) is 4.33. The lowest BCUT2D eigenvalue weighted by Crippen LogP contribution is -2.20. The van der Waals surface area contributed by atoms with Crippen molar-refractivity contribution in [3.8, 4) is 5.75 Å². The molecule has 118 valence electrons. The van der Waals surface area contributed by atoms with Crippen LogP contribution < -0.4 is 4.74 Å². The predicted molar refractivity (Wildman–Crippen MR) is 72.7 cm³/mol. The number of nitrogens with zero attached hydrogens (tertiary/aromatic N) is 2. The Bertz CT molecular complexity index is 639. The number of aromatic nitrogens is 2. The molecule has 22 heavy (non-hydrogen) atoms. The first-order valence-corrected chi connectivity index (χ1v) is 7.06. The van der Waals surface area contributed by atoms with Gasteiger partial charge in [-0.05, 0) is 25.8 Å². The molecule has 2 heterocycles. The maximum absolute atomic E-state index is 12.4. The van der Waals surface area contributed by atoms with E-state index in [0.717, 1.165) is 12.8 Å². The zero-order valence-corrected chi connectivity index (χ0v) is 12.1. The van der Waals surface area contributed by atoms with Crippen molar-refractivity contribution in [2.75, 3.05) is 6.61 Å². The van der Waals surface area contributed by atoms with E-state index in [1.165, 1.54) is 6.07 Å². The molecule has 0 bridgehead atoms. The minimum Gasteiger partial charge on any atom is -0.435 e. The summed E-state index contributed by atoms with van der Waals surface area (Å²) < 4.78 is 40.2. The molecule has 0 saturated carbocycles. The van der Waals surface area contributed by atoms with Crippen LogP contribution in [0.4, 0.5) is 8.78 Å². The molecule has 1 aromatic heterocycles. The Hall–Kier alpha value is -2.02. The fourth-order valence-corrected chi connectivity index (χ4v) is 2.52. The zero-order chi connectivity index (χ0) is 15.6. The van der Waals surface area contributed by atoms with Crippen molar-refractivity contribution >= 4 is 0 Å². The van der Waals surface area contributed by atoms with Crippen LogP contribution in [0.3, 0.4) is 0 Å². The van der Waals surface area contributed by atoms with E-state index in [9.17, 15) is 8.78 Å². The number of hydrogen-bond acceptors (Lipinski definition) is 5.